The monoisotopic (exact) mass is 440 g/mol. The number of methoxy groups -OCH3 is 1. The number of anilines is 2. The SMILES string of the molecule is COc1ccc(COc2cccc(F)c2)cc1NC(=O)c1ccc(NC(=O)C2CC2)s1. The summed E-state index contributed by atoms with van der Waals surface area (Å²) in [5.74, 6) is 0.340. The first-order valence-electron chi connectivity index (χ1n) is 9.79. The molecule has 1 aromatic heterocycles. The lowest BCUT2D eigenvalue weighted by Crippen LogP contribution is -2.12. The second-order valence-electron chi connectivity index (χ2n) is 7.16. The van der Waals surface area contributed by atoms with Crippen molar-refractivity contribution in [1.82, 2.24) is 0 Å². The van der Waals surface area contributed by atoms with Crippen LogP contribution in [-0.2, 0) is 11.4 Å². The molecule has 8 heteroatoms. The van der Waals surface area contributed by atoms with Gasteiger partial charge in [0.2, 0.25) is 5.91 Å². The Kier molecular flexibility index (Phi) is 6.18. The zero-order valence-corrected chi connectivity index (χ0v) is 17.6. The van der Waals surface area contributed by atoms with E-state index < -0.39 is 0 Å². The Balaban J connectivity index is 1.42. The van der Waals surface area contributed by atoms with Crippen LogP contribution in [0.2, 0.25) is 0 Å². The van der Waals surface area contributed by atoms with E-state index in [1.54, 1.807) is 36.4 Å². The minimum Gasteiger partial charge on any atom is -0.495 e. The molecule has 31 heavy (non-hydrogen) atoms. The van der Waals surface area contributed by atoms with Gasteiger partial charge in [-0.15, -0.1) is 11.3 Å². The van der Waals surface area contributed by atoms with Gasteiger partial charge in [-0.1, -0.05) is 12.1 Å². The van der Waals surface area contributed by atoms with Gasteiger partial charge in [0.1, 0.15) is 23.9 Å². The van der Waals surface area contributed by atoms with Crippen LogP contribution >= 0.6 is 11.3 Å². The number of rotatable bonds is 8. The molecule has 0 spiro atoms. The van der Waals surface area contributed by atoms with Crippen LogP contribution in [0, 0.1) is 11.7 Å². The van der Waals surface area contributed by atoms with Gasteiger partial charge in [-0.25, -0.2) is 4.39 Å². The van der Waals surface area contributed by atoms with E-state index in [1.165, 1.54) is 30.6 Å². The third-order valence-corrected chi connectivity index (χ3v) is 5.74. The van der Waals surface area contributed by atoms with Crippen molar-refractivity contribution in [2.75, 3.05) is 17.7 Å². The summed E-state index contributed by atoms with van der Waals surface area (Å²) in [5.41, 5.74) is 1.27. The molecule has 160 valence electrons. The van der Waals surface area contributed by atoms with Gasteiger partial charge in [0.05, 0.1) is 22.7 Å². The Morgan fingerprint density at radius 1 is 1.10 bits per heavy atom. The van der Waals surface area contributed by atoms with Gasteiger partial charge in [0.25, 0.3) is 5.91 Å². The third-order valence-electron chi connectivity index (χ3n) is 4.74. The summed E-state index contributed by atoms with van der Waals surface area (Å²) in [4.78, 5) is 25.1. The quantitative estimate of drug-likeness (QED) is 0.512. The molecule has 1 aliphatic carbocycles. The maximum atomic E-state index is 13.3. The average Bonchev–Trinajstić information content (AvgIpc) is 3.52. The predicted molar refractivity (Wildman–Crippen MR) is 117 cm³/mol. The van der Waals surface area contributed by atoms with Gasteiger partial charge in [0, 0.05) is 12.0 Å². The second-order valence-corrected chi connectivity index (χ2v) is 8.25. The highest BCUT2D eigenvalue weighted by Crippen LogP contribution is 2.32. The largest absolute Gasteiger partial charge is 0.495 e. The van der Waals surface area contributed by atoms with Gasteiger partial charge in [-0.05, 0) is 54.8 Å². The van der Waals surface area contributed by atoms with Gasteiger partial charge >= 0.3 is 0 Å². The van der Waals surface area contributed by atoms with E-state index in [1.807, 2.05) is 6.07 Å². The lowest BCUT2D eigenvalue weighted by molar-refractivity contribution is -0.117. The van der Waals surface area contributed by atoms with Crippen LogP contribution in [0.3, 0.4) is 0 Å². The maximum Gasteiger partial charge on any atom is 0.265 e. The van der Waals surface area contributed by atoms with Crippen LogP contribution in [0.25, 0.3) is 0 Å². The number of ether oxygens (including phenoxy) is 2. The summed E-state index contributed by atoms with van der Waals surface area (Å²) in [6.07, 6.45) is 1.84. The van der Waals surface area contributed by atoms with Gasteiger partial charge in [0.15, 0.2) is 0 Å². The normalized spacial score (nSPS) is 12.8. The lowest BCUT2D eigenvalue weighted by Gasteiger charge is -2.12. The summed E-state index contributed by atoms with van der Waals surface area (Å²) < 4.78 is 24.3. The number of hydrogen-bond donors (Lipinski definition) is 2. The number of hydrogen-bond acceptors (Lipinski definition) is 5. The van der Waals surface area contributed by atoms with Crippen molar-refractivity contribution in [3.05, 3.63) is 70.9 Å². The second kappa shape index (κ2) is 9.18. The predicted octanol–water partition coefficient (Wildman–Crippen LogP) is 5.08. The van der Waals surface area contributed by atoms with Gasteiger partial charge < -0.3 is 20.1 Å². The third kappa shape index (κ3) is 5.40. The molecule has 4 rings (SSSR count). The number of amides is 2. The molecule has 1 aliphatic rings. The van der Waals surface area contributed by atoms with E-state index in [9.17, 15) is 14.0 Å². The highest BCUT2D eigenvalue weighted by Gasteiger charge is 2.29. The zero-order chi connectivity index (χ0) is 21.8. The molecule has 0 radical (unpaired) electrons. The summed E-state index contributed by atoms with van der Waals surface area (Å²) in [7, 11) is 1.52. The first kappa shape index (κ1) is 20.9. The minimum absolute atomic E-state index is 0.00137. The first-order valence-corrected chi connectivity index (χ1v) is 10.6. The number of nitrogens with one attached hydrogen (secondary N) is 2. The highest BCUT2D eigenvalue weighted by atomic mass is 32.1. The summed E-state index contributed by atoms with van der Waals surface area (Å²) in [6, 6.07) is 14.6. The van der Waals surface area contributed by atoms with E-state index >= 15 is 0 Å². The van der Waals surface area contributed by atoms with E-state index in [-0.39, 0.29) is 30.2 Å². The molecule has 6 nitrogen and oxygen atoms in total. The van der Waals surface area contributed by atoms with Gasteiger partial charge in [-0.2, -0.15) is 0 Å². The molecule has 1 heterocycles. The Morgan fingerprint density at radius 3 is 2.68 bits per heavy atom. The van der Waals surface area contributed by atoms with Crippen LogP contribution < -0.4 is 20.1 Å². The number of carbonyl (C=O) groups excluding carboxylic acids is 2. The molecular weight excluding hydrogens is 419 g/mol. The topological polar surface area (TPSA) is 76.7 Å². The van der Waals surface area contributed by atoms with Crippen LogP contribution in [0.4, 0.5) is 15.1 Å². The molecule has 0 aliphatic heterocycles. The summed E-state index contributed by atoms with van der Waals surface area (Å²) >= 11 is 1.22. The molecule has 3 aromatic rings. The van der Waals surface area contributed by atoms with Gasteiger partial charge in [-0.3, -0.25) is 9.59 Å². The molecule has 2 aromatic carbocycles. The molecular formula is C23H21FN2O4S. The van der Waals surface area contributed by atoms with Crippen LogP contribution in [0.5, 0.6) is 11.5 Å². The molecule has 2 N–H and O–H groups in total. The van der Waals surface area contributed by atoms with E-state index in [2.05, 4.69) is 10.6 Å². The highest BCUT2D eigenvalue weighted by molar-refractivity contribution is 7.18. The Bertz CT molecular complexity index is 1110. The number of thiophene rings is 1. The van der Waals surface area contributed by atoms with Crippen molar-refractivity contribution in [3.8, 4) is 11.5 Å². The van der Waals surface area contributed by atoms with Crippen LogP contribution in [-0.4, -0.2) is 18.9 Å². The summed E-state index contributed by atoms with van der Waals surface area (Å²) in [6.45, 7) is 0.201. The number of halogens is 1. The Labute approximate surface area is 183 Å². The zero-order valence-electron chi connectivity index (χ0n) is 16.8. The lowest BCUT2D eigenvalue weighted by atomic mass is 10.2. The first-order chi connectivity index (χ1) is 15.0. The molecule has 0 bridgehead atoms. The molecule has 1 fully saturated rings. The van der Waals surface area contributed by atoms with Crippen molar-refractivity contribution < 1.29 is 23.5 Å². The smallest absolute Gasteiger partial charge is 0.265 e. The van der Waals surface area contributed by atoms with Crippen molar-refractivity contribution >= 4 is 33.8 Å². The van der Waals surface area contributed by atoms with Crippen molar-refractivity contribution in [2.45, 2.75) is 19.4 Å². The summed E-state index contributed by atoms with van der Waals surface area (Å²) in [5, 5.41) is 6.33. The maximum absolute atomic E-state index is 13.3. The fourth-order valence-corrected chi connectivity index (χ4v) is 3.75. The molecule has 1 saturated carbocycles. The van der Waals surface area contributed by atoms with Crippen LogP contribution in [0.1, 0.15) is 28.1 Å². The molecule has 0 unspecified atom stereocenters. The molecule has 2 amide bonds. The van der Waals surface area contributed by atoms with E-state index in [4.69, 9.17) is 9.47 Å². The standard InChI is InChI=1S/C23H21FN2O4S/c1-29-19-8-5-14(13-30-17-4-2-3-16(24)12-17)11-18(19)25-23(28)20-9-10-21(31-20)26-22(27)15-6-7-15/h2-5,8-12,15H,6-7,13H2,1H3,(H,25,28)(H,26,27). The van der Waals surface area contributed by atoms with Crippen LogP contribution in [0.15, 0.2) is 54.6 Å². The van der Waals surface area contributed by atoms with E-state index in [0.29, 0.717) is 27.1 Å². The Morgan fingerprint density at radius 2 is 1.94 bits per heavy atom. The minimum atomic E-state index is -0.371. The average molecular weight is 440 g/mol. The van der Waals surface area contributed by atoms with E-state index in [0.717, 1.165) is 18.4 Å². The fourth-order valence-electron chi connectivity index (χ4n) is 2.95. The Hall–Kier alpha value is -3.39. The molecule has 0 atom stereocenters. The fraction of sp³-hybridized carbons (Fsp3) is 0.217. The van der Waals surface area contributed by atoms with Crippen molar-refractivity contribution in [1.29, 1.82) is 0 Å². The van der Waals surface area contributed by atoms with Crippen molar-refractivity contribution in [2.24, 2.45) is 5.92 Å². The van der Waals surface area contributed by atoms with Crippen molar-refractivity contribution in [3.63, 3.8) is 0 Å². The number of benzene rings is 2. The molecule has 0 saturated heterocycles. The number of carbonyl (C=O) groups is 2.